The Balaban J connectivity index is 2.09. The van der Waals surface area contributed by atoms with E-state index in [0.717, 1.165) is 22.0 Å². The molecule has 0 saturated heterocycles. The van der Waals surface area contributed by atoms with Crippen molar-refractivity contribution in [1.29, 1.82) is 0 Å². The minimum Gasteiger partial charge on any atom is -0.343 e. The van der Waals surface area contributed by atoms with Crippen molar-refractivity contribution >= 4 is 34.1 Å². The van der Waals surface area contributed by atoms with Gasteiger partial charge in [0.2, 0.25) is 0 Å². The smallest absolute Gasteiger partial charge is 0.124 e. The predicted octanol–water partition coefficient (Wildman–Crippen LogP) is 4.59. The van der Waals surface area contributed by atoms with Crippen molar-refractivity contribution in [2.75, 3.05) is 0 Å². The van der Waals surface area contributed by atoms with Gasteiger partial charge >= 0.3 is 0 Å². The molecule has 108 valence electrons. The summed E-state index contributed by atoms with van der Waals surface area (Å²) in [6.45, 7) is 0.984. The second-order valence-corrected chi connectivity index (χ2v) is 5.73. The second kappa shape index (κ2) is 5.68. The van der Waals surface area contributed by atoms with E-state index >= 15 is 0 Å². The van der Waals surface area contributed by atoms with Crippen molar-refractivity contribution in [2.24, 2.45) is 5.73 Å². The molecule has 0 unspecified atom stereocenters. The highest BCUT2D eigenvalue weighted by atomic mass is 35.5. The minimum atomic E-state index is -0.341. The van der Waals surface area contributed by atoms with Crippen LogP contribution in [0.1, 0.15) is 11.1 Å². The first-order valence-electron chi connectivity index (χ1n) is 6.50. The molecule has 0 aliphatic rings. The maximum atomic E-state index is 13.1. The van der Waals surface area contributed by atoms with Crippen LogP contribution in [-0.4, -0.2) is 4.57 Å². The molecular weight excluding hydrogens is 310 g/mol. The summed E-state index contributed by atoms with van der Waals surface area (Å²) in [5.74, 6) is -0.341. The molecule has 1 aromatic heterocycles. The standard InChI is InChI=1S/C16H13Cl2FN2/c17-12-2-4-14-11(7-20)9-21(16(14)5-12)8-10-1-3-13(19)6-15(10)18/h1-6,9H,7-8,20H2. The zero-order valence-electron chi connectivity index (χ0n) is 11.1. The van der Waals surface area contributed by atoms with Gasteiger partial charge in [-0.1, -0.05) is 35.3 Å². The van der Waals surface area contributed by atoms with Crippen LogP contribution in [0.15, 0.2) is 42.6 Å². The maximum absolute atomic E-state index is 13.1. The third kappa shape index (κ3) is 2.77. The van der Waals surface area contributed by atoms with Crippen LogP contribution in [0, 0.1) is 5.82 Å². The Bertz CT molecular complexity index is 811. The molecule has 1 heterocycles. The third-order valence-corrected chi connectivity index (χ3v) is 4.09. The van der Waals surface area contributed by atoms with Crippen LogP contribution in [0.25, 0.3) is 10.9 Å². The molecule has 0 aliphatic heterocycles. The number of benzene rings is 2. The lowest BCUT2D eigenvalue weighted by molar-refractivity contribution is 0.626. The van der Waals surface area contributed by atoms with Crippen LogP contribution in [0.4, 0.5) is 4.39 Å². The van der Waals surface area contributed by atoms with Gasteiger partial charge < -0.3 is 10.3 Å². The first kappa shape index (κ1) is 14.4. The molecular formula is C16H13Cl2FN2. The first-order valence-corrected chi connectivity index (χ1v) is 7.25. The number of halogens is 3. The van der Waals surface area contributed by atoms with E-state index in [2.05, 4.69) is 0 Å². The summed E-state index contributed by atoms with van der Waals surface area (Å²) in [6.07, 6.45) is 1.99. The van der Waals surface area contributed by atoms with Crippen LogP contribution in [0.2, 0.25) is 10.0 Å². The van der Waals surface area contributed by atoms with E-state index in [0.29, 0.717) is 23.1 Å². The van der Waals surface area contributed by atoms with Crippen LogP contribution in [0.3, 0.4) is 0 Å². The Labute approximate surface area is 131 Å². The Morgan fingerprint density at radius 2 is 1.86 bits per heavy atom. The molecule has 3 rings (SSSR count). The van der Waals surface area contributed by atoms with Gasteiger partial charge in [-0.2, -0.15) is 0 Å². The summed E-state index contributed by atoms with van der Waals surface area (Å²) in [5, 5.41) is 2.14. The summed E-state index contributed by atoms with van der Waals surface area (Å²) in [6, 6.07) is 10.1. The van der Waals surface area contributed by atoms with Gasteiger partial charge in [-0.15, -0.1) is 0 Å². The number of hydrogen-bond donors (Lipinski definition) is 1. The van der Waals surface area contributed by atoms with Crippen molar-refractivity contribution in [3.05, 3.63) is 69.6 Å². The third-order valence-electron chi connectivity index (χ3n) is 3.50. The summed E-state index contributed by atoms with van der Waals surface area (Å²) in [7, 11) is 0. The normalized spacial score (nSPS) is 11.2. The van der Waals surface area contributed by atoms with Crippen molar-refractivity contribution in [1.82, 2.24) is 4.57 Å². The molecule has 2 nitrogen and oxygen atoms in total. The molecule has 0 bridgehead atoms. The van der Waals surface area contributed by atoms with E-state index in [1.54, 1.807) is 6.07 Å². The highest BCUT2D eigenvalue weighted by Crippen LogP contribution is 2.27. The Morgan fingerprint density at radius 3 is 2.57 bits per heavy atom. The monoisotopic (exact) mass is 322 g/mol. The molecule has 0 amide bonds. The van der Waals surface area contributed by atoms with E-state index in [9.17, 15) is 4.39 Å². The molecule has 0 saturated carbocycles. The molecule has 0 atom stereocenters. The maximum Gasteiger partial charge on any atom is 0.124 e. The van der Waals surface area contributed by atoms with Gasteiger partial charge in [-0.25, -0.2) is 4.39 Å². The van der Waals surface area contributed by atoms with Gasteiger partial charge in [0.15, 0.2) is 0 Å². The van der Waals surface area contributed by atoms with Gasteiger partial charge in [0, 0.05) is 34.7 Å². The largest absolute Gasteiger partial charge is 0.343 e. The molecule has 0 aliphatic carbocycles. The fourth-order valence-corrected chi connectivity index (χ4v) is 2.86. The summed E-state index contributed by atoms with van der Waals surface area (Å²) < 4.78 is 15.2. The van der Waals surface area contributed by atoms with Crippen molar-refractivity contribution in [2.45, 2.75) is 13.1 Å². The predicted molar refractivity (Wildman–Crippen MR) is 85.4 cm³/mol. The topological polar surface area (TPSA) is 30.9 Å². The van der Waals surface area contributed by atoms with Crippen LogP contribution >= 0.6 is 23.2 Å². The molecule has 2 aromatic carbocycles. The fourth-order valence-electron chi connectivity index (χ4n) is 2.47. The lowest BCUT2D eigenvalue weighted by Gasteiger charge is -2.08. The zero-order chi connectivity index (χ0) is 15.0. The van der Waals surface area contributed by atoms with Gasteiger partial charge in [-0.3, -0.25) is 0 Å². The van der Waals surface area contributed by atoms with E-state index < -0.39 is 0 Å². The van der Waals surface area contributed by atoms with Crippen LogP contribution < -0.4 is 5.73 Å². The SMILES string of the molecule is NCc1cn(Cc2ccc(F)cc2Cl)c2cc(Cl)ccc12. The first-order chi connectivity index (χ1) is 10.1. The molecule has 2 N–H and O–H groups in total. The average molecular weight is 323 g/mol. The minimum absolute atomic E-state index is 0.341. The van der Waals surface area contributed by atoms with Crippen LogP contribution in [-0.2, 0) is 13.1 Å². The van der Waals surface area contributed by atoms with Crippen molar-refractivity contribution in [3.8, 4) is 0 Å². The number of fused-ring (bicyclic) bond motifs is 1. The van der Waals surface area contributed by atoms with E-state index in [1.807, 2.05) is 29.0 Å². The zero-order valence-corrected chi connectivity index (χ0v) is 12.6. The quantitative estimate of drug-likeness (QED) is 0.751. The molecule has 3 aromatic rings. The number of hydrogen-bond acceptors (Lipinski definition) is 1. The van der Waals surface area contributed by atoms with Gasteiger partial charge in [0.05, 0.1) is 5.52 Å². The average Bonchev–Trinajstić information content (AvgIpc) is 2.79. The van der Waals surface area contributed by atoms with Gasteiger partial charge in [-0.05, 0) is 35.4 Å². The fraction of sp³-hybridized carbons (Fsp3) is 0.125. The number of nitrogens with two attached hydrogens (primary N) is 1. The van der Waals surface area contributed by atoms with Crippen LogP contribution in [0.5, 0.6) is 0 Å². The lowest BCUT2D eigenvalue weighted by atomic mass is 10.2. The molecule has 0 radical (unpaired) electrons. The summed E-state index contributed by atoms with van der Waals surface area (Å²) in [4.78, 5) is 0. The second-order valence-electron chi connectivity index (χ2n) is 4.88. The molecule has 21 heavy (non-hydrogen) atoms. The van der Waals surface area contributed by atoms with Gasteiger partial charge in [0.25, 0.3) is 0 Å². The number of nitrogens with zero attached hydrogens (tertiary/aromatic N) is 1. The van der Waals surface area contributed by atoms with E-state index in [-0.39, 0.29) is 5.82 Å². The highest BCUT2D eigenvalue weighted by molar-refractivity contribution is 6.31. The summed E-state index contributed by atoms with van der Waals surface area (Å²) in [5.41, 5.74) is 8.67. The van der Waals surface area contributed by atoms with Crippen molar-refractivity contribution in [3.63, 3.8) is 0 Å². The highest BCUT2D eigenvalue weighted by Gasteiger charge is 2.10. The van der Waals surface area contributed by atoms with E-state index in [1.165, 1.54) is 12.1 Å². The van der Waals surface area contributed by atoms with Crippen molar-refractivity contribution < 1.29 is 4.39 Å². The molecule has 0 spiro atoms. The number of aromatic nitrogens is 1. The summed E-state index contributed by atoms with van der Waals surface area (Å²) >= 11 is 12.2. The number of rotatable bonds is 3. The molecule has 0 fully saturated rings. The Morgan fingerprint density at radius 1 is 1.05 bits per heavy atom. The Kier molecular flexibility index (Phi) is 3.89. The molecule has 5 heteroatoms. The lowest BCUT2D eigenvalue weighted by Crippen LogP contribution is -1.99. The van der Waals surface area contributed by atoms with Gasteiger partial charge in [0.1, 0.15) is 5.82 Å². The van der Waals surface area contributed by atoms with E-state index in [4.69, 9.17) is 28.9 Å². The Hall–Kier alpha value is -1.55.